The van der Waals surface area contributed by atoms with E-state index in [9.17, 15) is 32.5 Å². The molecule has 184 valence electrons. The summed E-state index contributed by atoms with van der Waals surface area (Å²) in [5.41, 5.74) is -0.711. The van der Waals surface area contributed by atoms with Crippen molar-refractivity contribution in [3.05, 3.63) is 69.5 Å². The molecule has 0 aromatic heterocycles. The zero-order valence-electron chi connectivity index (χ0n) is 18.8. The molecule has 1 fully saturated rings. The second kappa shape index (κ2) is 10.4. The van der Waals surface area contributed by atoms with Crippen molar-refractivity contribution in [3.63, 3.8) is 0 Å². The maximum Gasteiger partial charge on any atom is 0.416 e. The van der Waals surface area contributed by atoms with Gasteiger partial charge in [-0.25, -0.2) is 4.39 Å². The molecule has 1 aliphatic heterocycles. The Morgan fingerprint density at radius 3 is 2.32 bits per heavy atom. The SMILES string of the molecule is CN(C)C(CNC(=O)C1CCN(c2ccc(C(F)(F)F)cc2[N+](=O)[O-])CC1)c1ccc(F)cc1. The minimum absolute atomic E-state index is 0.112. The molecule has 0 radical (unpaired) electrons. The molecule has 1 heterocycles. The summed E-state index contributed by atoms with van der Waals surface area (Å²) < 4.78 is 52.1. The molecule has 1 aliphatic rings. The smallest absolute Gasteiger partial charge is 0.366 e. The van der Waals surface area contributed by atoms with Crippen molar-refractivity contribution in [2.24, 2.45) is 5.92 Å². The average molecular weight is 482 g/mol. The van der Waals surface area contributed by atoms with Crippen LogP contribution in [0.4, 0.5) is 28.9 Å². The number of likely N-dealkylation sites (N-methyl/N-ethyl adjacent to an activating group) is 1. The van der Waals surface area contributed by atoms with Crippen LogP contribution >= 0.6 is 0 Å². The van der Waals surface area contributed by atoms with E-state index in [2.05, 4.69) is 5.32 Å². The molecule has 1 atom stereocenters. The van der Waals surface area contributed by atoms with Crippen LogP contribution in [0.25, 0.3) is 0 Å². The second-order valence-electron chi connectivity index (χ2n) is 8.50. The fourth-order valence-electron chi connectivity index (χ4n) is 4.12. The number of alkyl halides is 3. The molecule has 0 saturated carbocycles. The zero-order valence-corrected chi connectivity index (χ0v) is 18.8. The van der Waals surface area contributed by atoms with Gasteiger partial charge < -0.3 is 15.1 Å². The molecule has 0 bridgehead atoms. The molecule has 1 N–H and O–H groups in total. The third kappa shape index (κ3) is 6.02. The van der Waals surface area contributed by atoms with Crippen LogP contribution in [0, 0.1) is 21.8 Å². The van der Waals surface area contributed by atoms with Crippen molar-refractivity contribution in [2.75, 3.05) is 38.6 Å². The van der Waals surface area contributed by atoms with E-state index in [1.54, 1.807) is 17.0 Å². The third-order valence-electron chi connectivity index (χ3n) is 6.05. The van der Waals surface area contributed by atoms with Crippen molar-refractivity contribution in [1.29, 1.82) is 0 Å². The van der Waals surface area contributed by atoms with E-state index in [1.165, 1.54) is 12.1 Å². The number of rotatable bonds is 7. The Labute approximate surface area is 194 Å². The molecule has 7 nitrogen and oxygen atoms in total. The highest BCUT2D eigenvalue weighted by molar-refractivity contribution is 5.79. The minimum Gasteiger partial charge on any atom is -0.366 e. The highest BCUT2D eigenvalue weighted by atomic mass is 19.4. The van der Waals surface area contributed by atoms with Gasteiger partial charge in [0, 0.05) is 31.6 Å². The van der Waals surface area contributed by atoms with Crippen LogP contribution in [0.3, 0.4) is 0 Å². The van der Waals surface area contributed by atoms with Gasteiger partial charge >= 0.3 is 6.18 Å². The largest absolute Gasteiger partial charge is 0.416 e. The fraction of sp³-hybridized carbons (Fsp3) is 0.435. The van der Waals surface area contributed by atoms with Crippen molar-refractivity contribution < 1.29 is 27.3 Å². The number of hydrogen-bond donors (Lipinski definition) is 1. The van der Waals surface area contributed by atoms with E-state index in [1.807, 2.05) is 19.0 Å². The molecule has 1 unspecified atom stereocenters. The molecule has 1 amide bonds. The molecule has 0 aliphatic carbocycles. The van der Waals surface area contributed by atoms with Gasteiger partial charge in [-0.3, -0.25) is 14.9 Å². The number of piperidine rings is 1. The molecule has 2 aromatic carbocycles. The Kier molecular flexibility index (Phi) is 7.75. The maximum absolute atomic E-state index is 13.2. The minimum atomic E-state index is -4.67. The quantitative estimate of drug-likeness (QED) is 0.360. The van der Waals surface area contributed by atoms with Gasteiger partial charge in [-0.1, -0.05) is 12.1 Å². The zero-order chi connectivity index (χ0) is 25.0. The first-order chi connectivity index (χ1) is 16.0. The van der Waals surface area contributed by atoms with Gasteiger partial charge in [0.15, 0.2) is 0 Å². The highest BCUT2D eigenvalue weighted by Gasteiger charge is 2.35. The molecular formula is C23H26F4N4O3. The summed E-state index contributed by atoms with van der Waals surface area (Å²) in [6.45, 7) is 0.931. The summed E-state index contributed by atoms with van der Waals surface area (Å²) in [6.07, 6.45) is -3.85. The van der Waals surface area contributed by atoms with Crippen LogP contribution in [-0.4, -0.2) is 49.5 Å². The summed E-state index contributed by atoms with van der Waals surface area (Å²) >= 11 is 0. The molecular weight excluding hydrogens is 456 g/mol. The summed E-state index contributed by atoms with van der Waals surface area (Å²) in [6, 6.07) is 8.41. The second-order valence-corrected chi connectivity index (χ2v) is 8.50. The van der Waals surface area contributed by atoms with E-state index < -0.39 is 22.4 Å². The molecule has 11 heteroatoms. The van der Waals surface area contributed by atoms with Gasteiger partial charge in [0.05, 0.1) is 16.5 Å². The number of carbonyl (C=O) groups excluding carboxylic acids is 1. The van der Waals surface area contributed by atoms with Crippen molar-refractivity contribution in [2.45, 2.75) is 25.1 Å². The van der Waals surface area contributed by atoms with E-state index in [0.29, 0.717) is 38.5 Å². The Balaban J connectivity index is 1.61. The molecule has 34 heavy (non-hydrogen) atoms. The van der Waals surface area contributed by atoms with Crippen molar-refractivity contribution in [1.82, 2.24) is 10.2 Å². The molecule has 3 rings (SSSR count). The number of benzene rings is 2. The number of amides is 1. The monoisotopic (exact) mass is 482 g/mol. The standard InChI is InChI=1S/C23H26F4N4O3/c1-29(2)21(15-3-6-18(24)7-4-15)14-28-22(32)16-9-11-30(12-10-16)19-8-5-17(23(25,26)27)13-20(19)31(33)34/h3-8,13,16,21H,9-12,14H2,1-2H3,(H,28,32). The normalized spacial score (nSPS) is 15.9. The topological polar surface area (TPSA) is 78.7 Å². The Morgan fingerprint density at radius 1 is 1.18 bits per heavy atom. The van der Waals surface area contributed by atoms with Crippen LogP contribution in [0.2, 0.25) is 0 Å². The predicted octanol–water partition coefficient (Wildman–Crippen LogP) is 4.39. The number of nitrogens with one attached hydrogen (secondary N) is 1. The molecule has 0 spiro atoms. The number of nitro benzene ring substituents is 1. The first kappa shape index (κ1) is 25.4. The Bertz CT molecular complexity index is 1020. The molecule has 2 aromatic rings. The summed E-state index contributed by atoms with van der Waals surface area (Å²) in [5, 5.41) is 14.3. The van der Waals surface area contributed by atoms with Crippen LogP contribution < -0.4 is 10.2 Å². The van der Waals surface area contributed by atoms with Crippen LogP contribution in [0.5, 0.6) is 0 Å². The number of hydrogen-bond acceptors (Lipinski definition) is 5. The lowest BCUT2D eigenvalue weighted by Crippen LogP contribution is -2.43. The summed E-state index contributed by atoms with van der Waals surface area (Å²) in [4.78, 5) is 26.9. The summed E-state index contributed by atoms with van der Waals surface area (Å²) in [5.74, 6) is -0.818. The summed E-state index contributed by atoms with van der Waals surface area (Å²) in [7, 11) is 3.71. The number of halogens is 4. The van der Waals surface area contributed by atoms with E-state index in [-0.39, 0.29) is 29.4 Å². The lowest BCUT2D eigenvalue weighted by Gasteiger charge is -2.33. The van der Waals surface area contributed by atoms with Crippen LogP contribution in [-0.2, 0) is 11.0 Å². The van der Waals surface area contributed by atoms with Crippen LogP contribution in [0.15, 0.2) is 42.5 Å². The first-order valence-electron chi connectivity index (χ1n) is 10.8. The number of carbonyl (C=O) groups is 1. The highest BCUT2D eigenvalue weighted by Crippen LogP contribution is 2.37. The first-order valence-corrected chi connectivity index (χ1v) is 10.8. The van der Waals surface area contributed by atoms with Gasteiger partial charge in [-0.15, -0.1) is 0 Å². The average Bonchev–Trinajstić information content (AvgIpc) is 2.79. The number of anilines is 1. The van der Waals surface area contributed by atoms with Crippen molar-refractivity contribution >= 4 is 17.3 Å². The van der Waals surface area contributed by atoms with Gasteiger partial charge in [-0.05, 0) is 56.8 Å². The lowest BCUT2D eigenvalue weighted by molar-refractivity contribution is -0.384. The third-order valence-corrected chi connectivity index (χ3v) is 6.05. The Hall–Kier alpha value is -3.21. The van der Waals surface area contributed by atoms with E-state index >= 15 is 0 Å². The Morgan fingerprint density at radius 2 is 1.79 bits per heavy atom. The van der Waals surface area contributed by atoms with E-state index in [0.717, 1.165) is 17.7 Å². The van der Waals surface area contributed by atoms with Gasteiger partial charge in [-0.2, -0.15) is 13.2 Å². The fourth-order valence-corrected chi connectivity index (χ4v) is 4.12. The molecule has 1 saturated heterocycles. The van der Waals surface area contributed by atoms with Crippen LogP contribution in [0.1, 0.15) is 30.0 Å². The maximum atomic E-state index is 13.2. The van der Waals surface area contributed by atoms with Gasteiger partial charge in [0.25, 0.3) is 5.69 Å². The predicted molar refractivity (Wildman–Crippen MR) is 119 cm³/mol. The van der Waals surface area contributed by atoms with Gasteiger partial charge in [0.1, 0.15) is 11.5 Å². The number of nitrogens with zero attached hydrogens (tertiary/aromatic N) is 3. The van der Waals surface area contributed by atoms with E-state index in [4.69, 9.17) is 0 Å². The van der Waals surface area contributed by atoms with Gasteiger partial charge in [0.2, 0.25) is 5.91 Å². The lowest BCUT2D eigenvalue weighted by atomic mass is 9.95. The number of nitro groups is 1. The van der Waals surface area contributed by atoms with Crippen molar-refractivity contribution in [3.8, 4) is 0 Å².